The molecule has 0 saturated carbocycles. The third-order valence-corrected chi connectivity index (χ3v) is 5.15. The van der Waals surface area contributed by atoms with E-state index in [0.717, 1.165) is 34.6 Å². The highest BCUT2D eigenvalue weighted by Gasteiger charge is 2.40. The predicted molar refractivity (Wildman–Crippen MR) is 93.4 cm³/mol. The number of alkyl halides is 3. The van der Waals surface area contributed by atoms with Crippen LogP contribution in [-0.2, 0) is 11.8 Å². The van der Waals surface area contributed by atoms with Gasteiger partial charge in [0.2, 0.25) is 0 Å². The van der Waals surface area contributed by atoms with E-state index >= 15 is 0 Å². The van der Waals surface area contributed by atoms with Gasteiger partial charge in [0.15, 0.2) is 5.65 Å². The summed E-state index contributed by atoms with van der Waals surface area (Å²) >= 11 is 0. The van der Waals surface area contributed by atoms with Crippen molar-refractivity contribution in [3.8, 4) is 0 Å². The van der Waals surface area contributed by atoms with Crippen molar-refractivity contribution in [3.05, 3.63) is 64.6 Å². The first-order valence-corrected chi connectivity index (χ1v) is 8.65. The third-order valence-electron chi connectivity index (χ3n) is 5.15. The Kier molecular flexibility index (Phi) is 3.65. The SMILES string of the molecule is Cc1cc2ncc3c(n2n1)C(C)(C)CC3c1ccc(CC(F)(F)F)cc1. The smallest absolute Gasteiger partial charge is 0.237 e. The Morgan fingerprint density at radius 3 is 2.54 bits per heavy atom. The predicted octanol–water partition coefficient (Wildman–Crippen LogP) is 4.96. The fourth-order valence-corrected chi connectivity index (χ4v) is 4.11. The maximum atomic E-state index is 12.6. The van der Waals surface area contributed by atoms with Gasteiger partial charge in [0.05, 0.1) is 17.8 Å². The molecule has 3 nitrogen and oxygen atoms in total. The van der Waals surface area contributed by atoms with Gasteiger partial charge in [-0.25, -0.2) is 9.50 Å². The Labute approximate surface area is 149 Å². The van der Waals surface area contributed by atoms with E-state index in [4.69, 9.17) is 0 Å². The van der Waals surface area contributed by atoms with Crippen molar-refractivity contribution in [1.82, 2.24) is 14.6 Å². The highest BCUT2D eigenvalue weighted by Crippen LogP contribution is 2.48. The van der Waals surface area contributed by atoms with Crippen LogP contribution in [0.15, 0.2) is 36.5 Å². The van der Waals surface area contributed by atoms with Gasteiger partial charge in [-0.15, -0.1) is 0 Å². The molecule has 136 valence electrons. The Morgan fingerprint density at radius 1 is 1.19 bits per heavy atom. The minimum Gasteiger partial charge on any atom is -0.237 e. The van der Waals surface area contributed by atoms with E-state index in [1.807, 2.05) is 35.8 Å². The average molecular weight is 359 g/mol. The summed E-state index contributed by atoms with van der Waals surface area (Å²) in [5.74, 6) is 0.112. The van der Waals surface area contributed by atoms with Crippen molar-refractivity contribution in [2.24, 2.45) is 0 Å². The van der Waals surface area contributed by atoms with Crippen LogP contribution in [0.3, 0.4) is 0 Å². The molecule has 0 fully saturated rings. The summed E-state index contributed by atoms with van der Waals surface area (Å²) in [6, 6.07) is 8.75. The van der Waals surface area contributed by atoms with E-state index in [9.17, 15) is 13.2 Å². The first-order chi connectivity index (χ1) is 12.1. The molecule has 2 heterocycles. The molecule has 0 amide bonds. The second-order valence-electron chi connectivity index (χ2n) is 7.79. The summed E-state index contributed by atoms with van der Waals surface area (Å²) in [6.45, 7) is 6.31. The zero-order chi connectivity index (χ0) is 18.7. The highest BCUT2D eigenvalue weighted by atomic mass is 19.4. The van der Waals surface area contributed by atoms with Gasteiger partial charge in [-0.2, -0.15) is 18.3 Å². The zero-order valence-electron chi connectivity index (χ0n) is 14.9. The van der Waals surface area contributed by atoms with Crippen molar-refractivity contribution in [2.45, 2.75) is 51.1 Å². The van der Waals surface area contributed by atoms with E-state index < -0.39 is 12.6 Å². The van der Waals surface area contributed by atoms with Crippen LogP contribution in [0.4, 0.5) is 13.2 Å². The molecule has 1 atom stereocenters. The first kappa shape index (κ1) is 17.1. The lowest BCUT2D eigenvalue weighted by molar-refractivity contribution is -0.127. The van der Waals surface area contributed by atoms with Crippen LogP contribution >= 0.6 is 0 Å². The van der Waals surface area contributed by atoms with Gasteiger partial charge in [0, 0.05) is 29.2 Å². The third kappa shape index (κ3) is 2.87. The largest absolute Gasteiger partial charge is 0.393 e. The van der Waals surface area contributed by atoms with Gasteiger partial charge in [0.1, 0.15) is 0 Å². The van der Waals surface area contributed by atoms with Gasteiger partial charge >= 0.3 is 6.18 Å². The standard InChI is InChI=1S/C20H20F3N3/c1-12-8-17-24-11-16-15(10-19(2,3)18(16)26(17)25-12)14-6-4-13(5-7-14)9-20(21,22)23/h4-8,11,15H,9-10H2,1-3H3. The minimum absolute atomic E-state index is 0.0930. The number of benzene rings is 1. The van der Waals surface area contributed by atoms with Crippen LogP contribution in [0, 0.1) is 6.92 Å². The number of hydrogen-bond donors (Lipinski definition) is 0. The summed E-state index contributed by atoms with van der Waals surface area (Å²) < 4.78 is 39.6. The Morgan fingerprint density at radius 2 is 1.88 bits per heavy atom. The molecule has 1 aliphatic carbocycles. The molecule has 3 aromatic rings. The molecule has 0 aliphatic heterocycles. The summed E-state index contributed by atoms with van der Waals surface area (Å²) in [7, 11) is 0. The molecule has 0 bridgehead atoms. The van der Waals surface area contributed by atoms with Crippen molar-refractivity contribution < 1.29 is 13.2 Å². The fraction of sp³-hybridized carbons (Fsp3) is 0.400. The quantitative estimate of drug-likeness (QED) is 0.648. The summed E-state index contributed by atoms with van der Waals surface area (Å²) in [5.41, 5.74) is 5.21. The second-order valence-corrected chi connectivity index (χ2v) is 7.79. The lowest BCUT2D eigenvalue weighted by Gasteiger charge is -2.19. The number of halogens is 3. The van der Waals surface area contributed by atoms with E-state index in [1.165, 1.54) is 0 Å². The molecule has 6 heteroatoms. The molecule has 1 unspecified atom stereocenters. The summed E-state index contributed by atoms with van der Waals surface area (Å²) in [6.07, 6.45) is -2.30. The Bertz CT molecular complexity index is 968. The monoisotopic (exact) mass is 359 g/mol. The maximum absolute atomic E-state index is 12.6. The van der Waals surface area contributed by atoms with E-state index in [0.29, 0.717) is 0 Å². The topological polar surface area (TPSA) is 30.2 Å². The lowest BCUT2D eigenvalue weighted by Crippen LogP contribution is -2.17. The Hall–Kier alpha value is -2.37. The van der Waals surface area contributed by atoms with E-state index in [2.05, 4.69) is 23.9 Å². The van der Waals surface area contributed by atoms with Crippen LogP contribution < -0.4 is 0 Å². The molecular formula is C20H20F3N3. The van der Waals surface area contributed by atoms with Gasteiger partial charge in [-0.05, 0) is 24.5 Å². The van der Waals surface area contributed by atoms with Crippen LogP contribution in [-0.4, -0.2) is 20.8 Å². The number of aryl methyl sites for hydroxylation is 1. The van der Waals surface area contributed by atoms with Crippen molar-refractivity contribution in [2.75, 3.05) is 0 Å². The maximum Gasteiger partial charge on any atom is 0.393 e. The van der Waals surface area contributed by atoms with Gasteiger partial charge in [0.25, 0.3) is 0 Å². The molecule has 2 aromatic heterocycles. The number of nitrogens with zero attached hydrogens (tertiary/aromatic N) is 3. The van der Waals surface area contributed by atoms with Crippen LogP contribution in [0.2, 0.25) is 0 Å². The lowest BCUT2D eigenvalue weighted by atomic mass is 9.86. The van der Waals surface area contributed by atoms with Gasteiger partial charge in [-0.3, -0.25) is 0 Å². The van der Waals surface area contributed by atoms with Crippen molar-refractivity contribution in [3.63, 3.8) is 0 Å². The molecule has 0 N–H and O–H groups in total. The molecule has 0 radical (unpaired) electrons. The van der Waals surface area contributed by atoms with E-state index in [-0.39, 0.29) is 16.9 Å². The van der Waals surface area contributed by atoms with Crippen molar-refractivity contribution >= 4 is 5.65 Å². The summed E-state index contributed by atoms with van der Waals surface area (Å²) in [4.78, 5) is 4.53. The fourth-order valence-electron chi connectivity index (χ4n) is 4.11. The number of aromatic nitrogens is 3. The molecule has 1 aliphatic rings. The van der Waals surface area contributed by atoms with Crippen molar-refractivity contribution in [1.29, 1.82) is 0 Å². The second kappa shape index (κ2) is 5.56. The number of hydrogen-bond acceptors (Lipinski definition) is 2. The average Bonchev–Trinajstić information content (AvgIpc) is 3.03. The van der Waals surface area contributed by atoms with Crippen LogP contribution in [0.1, 0.15) is 54.3 Å². The zero-order valence-corrected chi connectivity index (χ0v) is 14.9. The Balaban J connectivity index is 1.75. The molecule has 0 spiro atoms. The van der Waals surface area contributed by atoms with Crippen LogP contribution in [0.5, 0.6) is 0 Å². The number of fused-ring (bicyclic) bond motifs is 3. The molecule has 4 rings (SSSR count). The molecule has 26 heavy (non-hydrogen) atoms. The number of rotatable bonds is 2. The van der Waals surface area contributed by atoms with Gasteiger partial charge < -0.3 is 0 Å². The molecule has 0 saturated heterocycles. The molecule has 1 aromatic carbocycles. The van der Waals surface area contributed by atoms with Gasteiger partial charge in [-0.1, -0.05) is 38.1 Å². The first-order valence-electron chi connectivity index (χ1n) is 8.65. The minimum atomic E-state index is -4.18. The molecular weight excluding hydrogens is 339 g/mol. The summed E-state index contributed by atoms with van der Waals surface area (Å²) in [5, 5.41) is 4.59. The normalized spacial score (nSPS) is 19.1. The van der Waals surface area contributed by atoms with Crippen LogP contribution in [0.25, 0.3) is 5.65 Å². The van der Waals surface area contributed by atoms with E-state index in [1.54, 1.807) is 12.1 Å². The highest BCUT2D eigenvalue weighted by molar-refractivity contribution is 5.50.